The molecule has 1 aromatic heterocycles. The van der Waals surface area contributed by atoms with Crippen LogP contribution in [0, 0.1) is 11.3 Å². The van der Waals surface area contributed by atoms with E-state index in [0.717, 1.165) is 12.1 Å². The first-order valence-corrected chi connectivity index (χ1v) is 10.0. The number of hydrogen-bond donors (Lipinski definition) is 1. The molecule has 0 aliphatic carbocycles. The standard InChI is InChI=1S/C20H19F6N5O3/c1-11-6-12(4-5-31(11)18(32)33)17-28-16(29-34-17)9-30(10-19(21,22)23)14-3-2-13(8-27)15(7-14)20(24,25)26/h2-3,7,11-12H,4-6,9-10H2,1H3,(H,32,33). The first kappa shape index (κ1) is 25.1. The number of nitrogens with zero attached hydrogens (tertiary/aromatic N) is 5. The summed E-state index contributed by atoms with van der Waals surface area (Å²) >= 11 is 0. The Morgan fingerprint density at radius 3 is 2.59 bits per heavy atom. The zero-order valence-electron chi connectivity index (χ0n) is 17.7. The SMILES string of the molecule is CC1CC(c2nc(CN(CC(F)(F)F)c3ccc(C#N)c(C(F)(F)F)c3)no2)CCN1C(=O)O. The average Bonchev–Trinajstić information content (AvgIpc) is 3.19. The van der Waals surface area contributed by atoms with Crippen molar-refractivity contribution < 1.29 is 40.8 Å². The lowest BCUT2D eigenvalue weighted by Gasteiger charge is -2.34. The van der Waals surface area contributed by atoms with Crippen LogP contribution in [-0.2, 0) is 12.7 Å². The molecular weight excluding hydrogens is 472 g/mol. The molecule has 2 aromatic rings. The van der Waals surface area contributed by atoms with E-state index in [1.54, 1.807) is 6.92 Å². The Morgan fingerprint density at radius 2 is 2.03 bits per heavy atom. The maximum Gasteiger partial charge on any atom is 0.417 e. The van der Waals surface area contributed by atoms with Gasteiger partial charge in [0.1, 0.15) is 6.54 Å². The Kier molecular flexibility index (Phi) is 6.94. The monoisotopic (exact) mass is 491 g/mol. The van der Waals surface area contributed by atoms with Gasteiger partial charge in [-0.25, -0.2) is 4.79 Å². The fourth-order valence-corrected chi connectivity index (χ4v) is 3.86. The number of aromatic nitrogens is 2. The lowest BCUT2D eigenvalue weighted by atomic mass is 9.92. The minimum absolute atomic E-state index is 0.120. The van der Waals surface area contributed by atoms with Crippen LogP contribution in [-0.4, -0.2) is 51.5 Å². The van der Waals surface area contributed by atoms with Crippen molar-refractivity contribution in [2.45, 2.75) is 50.6 Å². The lowest BCUT2D eigenvalue weighted by molar-refractivity contribution is -0.137. The maximum absolute atomic E-state index is 13.3. The summed E-state index contributed by atoms with van der Waals surface area (Å²) in [5, 5.41) is 21.7. The topological polar surface area (TPSA) is 106 Å². The van der Waals surface area contributed by atoms with Crippen LogP contribution in [0.3, 0.4) is 0 Å². The number of alkyl halides is 6. The number of carboxylic acid groups (broad SMARTS) is 1. The Labute approximate surface area is 189 Å². The second-order valence-corrected chi connectivity index (χ2v) is 7.91. The van der Waals surface area contributed by atoms with Gasteiger partial charge in [0.05, 0.1) is 23.7 Å². The van der Waals surface area contributed by atoms with Crippen molar-refractivity contribution in [3.05, 3.63) is 41.0 Å². The minimum Gasteiger partial charge on any atom is -0.465 e. The van der Waals surface area contributed by atoms with Gasteiger partial charge in [-0.3, -0.25) is 0 Å². The summed E-state index contributed by atoms with van der Waals surface area (Å²) < 4.78 is 84.6. The summed E-state index contributed by atoms with van der Waals surface area (Å²) in [7, 11) is 0. The van der Waals surface area contributed by atoms with E-state index in [9.17, 15) is 31.1 Å². The molecule has 1 aromatic carbocycles. The normalized spacial score (nSPS) is 19.1. The number of piperidine rings is 1. The van der Waals surface area contributed by atoms with Crippen LogP contribution in [0.2, 0.25) is 0 Å². The molecule has 2 atom stereocenters. The van der Waals surface area contributed by atoms with Crippen LogP contribution in [0.25, 0.3) is 0 Å². The van der Waals surface area contributed by atoms with Crippen molar-refractivity contribution in [1.82, 2.24) is 15.0 Å². The number of hydrogen-bond acceptors (Lipinski definition) is 6. The van der Waals surface area contributed by atoms with Crippen molar-refractivity contribution in [2.75, 3.05) is 18.0 Å². The largest absolute Gasteiger partial charge is 0.465 e. The molecule has 0 bridgehead atoms. The Hall–Kier alpha value is -3.50. The van der Waals surface area contributed by atoms with E-state index < -0.39 is 48.3 Å². The molecule has 1 saturated heterocycles. The molecule has 1 amide bonds. The van der Waals surface area contributed by atoms with Crippen molar-refractivity contribution >= 4 is 11.8 Å². The third kappa shape index (κ3) is 5.89. The number of anilines is 1. The van der Waals surface area contributed by atoms with Crippen molar-refractivity contribution in [2.24, 2.45) is 0 Å². The first-order chi connectivity index (χ1) is 15.8. The van der Waals surface area contributed by atoms with E-state index in [2.05, 4.69) is 10.1 Å². The zero-order chi connectivity index (χ0) is 25.3. The first-order valence-electron chi connectivity index (χ1n) is 10.0. The Morgan fingerprint density at radius 1 is 1.32 bits per heavy atom. The number of likely N-dealkylation sites (tertiary alicyclic amines) is 1. The van der Waals surface area contributed by atoms with Crippen molar-refractivity contribution in [1.29, 1.82) is 5.26 Å². The highest BCUT2D eigenvalue weighted by Gasteiger charge is 2.37. The lowest BCUT2D eigenvalue weighted by Crippen LogP contribution is -2.43. The molecule has 184 valence electrons. The third-order valence-corrected chi connectivity index (χ3v) is 5.45. The van der Waals surface area contributed by atoms with E-state index in [4.69, 9.17) is 14.9 Å². The second-order valence-electron chi connectivity index (χ2n) is 7.91. The summed E-state index contributed by atoms with van der Waals surface area (Å²) in [6.07, 6.45) is -10.0. The van der Waals surface area contributed by atoms with Gasteiger partial charge in [0, 0.05) is 24.2 Å². The number of rotatable bonds is 5. The molecule has 0 saturated carbocycles. The van der Waals surface area contributed by atoms with Crippen LogP contribution >= 0.6 is 0 Å². The molecule has 2 heterocycles. The van der Waals surface area contributed by atoms with Gasteiger partial charge >= 0.3 is 18.4 Å². The molecule has 2 unspecified atom stereocenters. The van der Waals surface area contributed by atoms with Gasteiger partial charge in [0.25, 0.3) is 0 Å². The molecule has 1 aliphatic heterocycles. The van der Waals surface area contributed by atoms with Gasteiger partial charge < -0.3 is 19.4 Å². The number of carbonyl (C=O) groups is 1. The number of amides is 1. The van der Waals surface area contributed by atoms with Crippen LogP contribution in [0.1, 0.15) is 48.5 Å². The van der Waals surface area contributed by atoms with Crippen LogP contribution in [0.15, 0.2) is 22.7 Å². The fourth-order valence-electron chi connectivity index (χ4n) is 3.86. The van der Waals surface area contributed by atoms with Gasteiger partial charge in [0.15, 0.2) is 5.82 Å². The van der Waals surface area contributed by atoms with Crippen molar-refractivity contribution in [3.8, 4) is 6.07 Å². The number of halogens is 6. The average molecular weight is 491 g/mol. The molecule has 0 spiro atoms. The number of nitriles is 1. The fraction of sp³-hybridized carbons (Fsp3) is 0.500. The highest BCUT2D eigenvalue weighted by molar-refractivity contribution is 5.65. The molecule has 34 heavy (non-hydrogen) atoms. The maximum atomic E-state index is 13.3. The minimum atomic E-state index is -4.94. The summed E-state index contributed by atoms with van der Waals surface area (Å²) in [6.45, 7) is -0.278. The van der Waals surface area contributed by atoms with Gasteiger partial charge in [-0.2, -0.15) is 36.6 Å². The van der Waals surface area contributed by atoms with E-state index >= 15 is 0 Å². The third-order valence-electron chi connectivity index (χ3n) is 5.45. The Balaban J connectivity index is 1.84. The van der Waals surface area contributed by atoms with Crippen LogP contribution < -0.4 is 4.90 Å². The van der Waals surface area contributed by atoms with Crippen LogP contribution in [0.4, 0.5) is 36.8 Å². The molecular formula is C20H19F6N5O3. The summed E-state index contributed by atoms with van der Waals surface area (Å²) in [6, 6.07) is 3.32. The van der Waals surface area contributed by atoms with Gasteiger partial charge in [0.2, 0.25) is 5.89 Å². The predicted molar refractivity (Wildman–Crippen MR) is 104 cm³/mol. The highest BCUT2D eigenvalue weighted by atomic mass is 19.4. The molecule has 1 N–H and O–H groups in total. The smallest absolute Gasteiger partial charge is 0.417 e. The summed E-state index contributed by atoms with van der Waals surface area (Å²) in [5.74, 6) is -0.366. The second kappa shape index (κ2) is 9.40. The zero-order valence-corrected chi connectivity index (χ0v) is 17.7. The summed E-state index contributed by atoms with van der Waals surface area (Å²) in [4.78, 5) is 17.2. The molecule has 0 radical (unpaired) electrons. The van der Waals surface area contributed by atoms with E-state index in [1.165, 1.54) is 11.0 Å². The van der Waals surface area contributed by atoms with Crippen molar-refractivity contribution in [3.63, 3.8) is 0 Å². The molecule has 1 fully saturated rings. The molecule has 8 nitrogen and oxygen atoms in total. The van der Waals surface area contributed by atoms with Gasteiger partial charge in [-0.1, -0.05) is 5.16 Å². The van der Waals surface area contributed by atoms with E-state index in [-0.39, 0.29) is 30.2 Å². The summed E-state index contributed by atoms with van der Waals surface area (Å²) in [5.41, 5.74) is -2.49. The Bertz CT molecular complexity index is 1080. The molecule has 1 aliphatic rings. The van der Waals surface area contributed by atoms with Crippen LogP contribution in [0.5, 0.6) is 0 Å². The van der Waals surface area contributed by atoms with E-state index in [1.807, 2.05) is 0 Å². The van der Waals surface area contributed by atoms with E-state index in [0.29, 0.717) is 23.8 Å². The van der Waals surface area contributed by atoms with Gasteiger partial charge in [-0.05, 0) is 38.0 Å². The molecule has 14 heteroatoms. The highest BCUT2D eigenvalue weighted by Crippen LogP contribution is 2.36. The number of benzene rings is 1. The van der Waals surface area contributed by atoms with Gasteiger partial charge in [-0.15, -0.1) is 0 Å². The molecule has 3 rings (SSSR count). The predicted octanol–water partition coefficient (Wildman–Crippen LogP) is 4.77. The quantitative estimate of drug-likeness (QED) is 0.601.